The molecular weight excluding hydrogens is 676 g/mol. The molecule has 0 aliphatic heterocycles. The molecule has 10 nitrogen and oxygen atoms in total. The molecule has 4 aromatic carbocycles. The lowest BCUT2D eigenvalue weighted by Gasteiger charge is -2.26. The minimum Gasteiger partial charge on any atom is -0.462 e. The minimum atomic E-state index is -0.914. The molecule has 0 N–H and O–H groups in total. The van der Waals surface area contributed by atoms with Crippen LogP contribution in [0.1, 0.15) is 111 Å². The Kier molecular flexibility index (Phi) is 15.5. The predicted octanol–water partition coefficient (Wildman–Crippen LogP) is 10.6. The second-order valence-corrected chi connectivity index (χ2v) is 13.0. The summed E-state index contributed by atoms with van der Waals surface area (Å²) >= 11 is 0. The van der Waals surface area contributed by atoms with Gasteiger partial charge in [-0.05, 0) is 96.8 Å². The van der Waals surface area contributed by atoms with Crippen LogP contribution >= 0.6 is 0 Å². The van der Waals surface area contributed by atoms with Crippen LogP contribution in [0, 0.1) is 0 Å². The average Bonchev–Trinajstić information content (AvgIpc) is 3.15. The molecule has 0 heterocycles. The first kappa shape index (κ1) is 40.1. The highest BCUT2D eigenvalue weighted by Crippen LogP contribution is 2.33. The van der Waals surface area contributed by atoms with Crippen LogP contribution in [0.2, 0.25) is 0 Å². The first-order valence-electron chi connectivity index (χ1n) is 18.1. The highest BCUT2D eigenvalue weighted by molar-refractivity contribution is 5.90. The van der Waals surface area contributed by atoms with Crippen molar-refractivity contribution >= 4 is 24.2 Å². The van der Waals surface area contributed by atoms with Crippen molar-refractivity contribution in [1.29, 1.82) is 0 Å². The molecule has 4 rings (SSSR count). The maximum absolute atomic E-state index is 12.4. The maximum atomic E-state index is 12.4. The van der Waals surface area contributed by atoms with E-state index in [1.165, 1.54) is 48.5 Å². The molecule has 0 saturated heterocycles. The number of carbonyl (C=O) groups excluding carboxylic acids is 4. The van der Waals surface area contributed by atoms with Gasteiger partial charge in [0.2, 0.25) is 0 Å². The van der Waals surface area contributed by atoms with Gasteiger partial charge in [-0.2, -0.15) is 0 Å². The van der Waals surface area contributed by atoms with Gasteiger partial charge in [-0.25, -0.2) is 19.2 Å². The molecule has 53 heavy (non-hydrogen) atoms. The summed E-state index contributed by atoms with van der Waals surface area (Å²) in [6, 6.07) is 26.3. The van der Waals surface area contributed by atoms with E-state index < -0.39 is 29.7 Å². The lowest BCUT2D eigenvalue weighted by Crippen LogP contribution is -2.19. The summed E-state index contributed by atoms with van der Waals surface area (Å²) in [5, 5.41) is 0. The third-order valence-corrected chi connectivity index (χ3v) is 8.60. The fourth-order valence-electron chi connectivity index (χ4n) is 5.34. The van der Waals surface area contributed by atoms with Crippen molar-refractivity contribution in [3.05, 3.63) is 119 Å². The molecule has 10 heteroatoms. The topological polar surface area (TPSA) is 124 Å². The van der Waals surface area contributed by atoms with Crippen LogP contribution in [0.15, 0.2) is 97.1 Å². The first-order chi connectivity index (χ1) is 25.6. The Hall–Kier alpha value is -5.64. The first-order valence-corrected chi connectivity index (χ1v) is 18.1. The van der Waals surface area contributed by atoms with Crippen molar-refractivity contribution in [1.82, 2.24) is 0 Å². The third-order valence-electron chi connectivity index (χ3n) is 8.60. The van der Waals surface area contributed by atoms with Crippen molar-refractivity contribution < 1.29 is 47.6 Å². The molecule has 0 radical (unpaired) electrons. The smallest absolute Gasteiger partial charge is 0.462 e. The summed E-state index contributed by atoms with van der Waals surface area (Å²) in [6.07, 6.45) is 6.30. The van der Waals surface area contributed by atoms with Crippen molar-refractivity contribution in [2.75, 3.05) is 13.2 Å². The van der Waals surface area contributed by atoms with Gasteiger partial charge in [-0.1, -0.05) is 90.5 Å². The maximum Gasteiger partial charge on any atom is 0.519 e. The molecular formula is C43H48O10. The molecule has 0 amide bonds. The molecule has 4 aromatic rings. The predicted molar refractivity (Wildman–Crippen MR) is 200 cm³/mol. The molecule has 0 aliphatic carbocycles. The van der Waals surface area contributed by atoms with Crippen molar-refractivity contribution in [2.45, 2.75) is 84.5 Å². The molecule has 0 unspecified atom stereocenters. The molecule has 0 aromatic heterocycles. The number of esters is 2. The summed E-state index contributed by atoms with van der Waals surface area (Å²) in [5.74, 6) is 0.218. The van der Waals surface area contributed by atoms with E-state index >= 15 is 0 Å². The van der Waals surface area contributed by atoms with Gasteiger partial charge in [0.05, 0.1) is 24.3 Å². The highest BCUT2D eigenvalue weighted by Gasteiger charge is 2.24. The SMILES string of the molecule is CCCCCCOC(=O)c1ccc(OC(=O)Oc2ccc(C(C)(C)c3ccc(OC(=O)Oc4ccc(C(=O)OCCCCCC)cc4)cc3)cc2)cc1. The van der Waals surface area contributed by atoms with Crippen molar-refractivity contribution in [3.8, 4) is 23.0 Å². The van der Waals surface area contributed by atoms with Crippen molar-refractivity contribution in [2.24, 2.45) is 0 Å². The molecule has 0 fully saturated rings. The van der Waals surface area contributed by atoms with Gasteiger partial charge < -0.3 is 28.4 Å². The number of unbranched alkanes of at least 4 members (excludes halogenated alkanes) is 6. The zero-order valence-electron chi connectivity index (χ0n) is 30.9. The lowest BCUT2D eigenvalue weighted by molar-refractivity contribution is 0.0488. The lowest BCUT2D eigenvalue weighted by atomic mass is 9.78. The largest absolute Gasteiger partial charge is 0.519 e. The standard InChI is InChI=1S/C43H48O10/c1-5-7-9-11-29-48-39(44)31-13-21-35(22-14-31)50-41(46)52-37-25-17-33(18-26-37)43(3,4)34-19-27-38(28-20-34)53-42(47)51-36-23-15-32(16-24-36)40(45)49-30-12-10-8-6-2/h13-28H,5-12,29-30H2,1-4H3. The summed E-state index contributed by atoms with van der Waals surface area (Å²) < 4.78 is 31.8. The zero-order chi connectivity index (χ0) is 38.1. The Bertz CT molecular complexity index is 1630. The quantitative estimate of drug-likeness (QED) is 0.0556. The van der Waals surface area contributed by atoms with E-state index in [1.807, 2.05) is 38.1 Å². The molecule has 0 bridgehead atoms. The number of carbonyl (C=O) groups is 4. The molecule has 0 saturated carbocycles. The second kappa shape index (κ2) is 20.4. The number of ether oxygens (including phenoxy) is 6. The van der Waals surface area contributed by atoms with Gasteiger partial charge in [0.1, 0.15) is 23.0 Å². The van der Waals surface area contributed by atoms with E-state index in [-0.39, 0.29) is 11.5 Å². The van der Waals surface area contributed by atoms with Gasteiger partial charge in [0, 0.05) is 5.41 Å². The summed E-state index contributed by atoms with van der Waals surface area (Å²) in [4.78, 5) is 49.3. The number of hydrogen-bond donors (Lipinski definition) is 0. The molecule has 0 spiro atoms. The molecule has 280 valence electrons. The summed E-state index contributed by atoms with van der Waals surface area (Å²) in [6.45, 7) is 9.07. The van der Waals surface area contributed by atoms with Crippen LogP contribution < -0.4 is 18.9 Å². The van der Waals surface area contributed by atoms with Crippen molar-refractivity contribution in [3.63, 3.8) is 0 Å². The normalized spacial score (nSPS) is 10.9. The third kappa shape index (κ3) is 12.8. The van der Waals surface area contributed by atoms with E-state index in [2.05, 4.69) is 13.8 Å². The van der Waals surface area contributed by atoms with Crippen LogP contribution in [-0.4, -0.2) is 37.5 Å². The van der Waals surface area contributed by atoms with Gasteiger partial charge in [-0.15, -0.1) is 0 Å². The fourth-order valence-corrected chi connectivity index (χ4v) is 5.34. The van der Waals surface area contributed by atoms with Gasteiger partial charge in [0.25, 0.3) is 0 Å². The number of rotatable bonds is 18. The van der Waals surface area contributed by atoms with E-state index in [0.717, 1.165) is 62.5 Å². The molecule has 0 atom stereocenters. The van der Waals surface area contributed by atoms with E-state index in [1.54, 1.807) is 24.3 Å². The van der Waals surface area contributed by atoms with Crippen LogP contribution in [0.25, 0.3) is 0 Å². The Morgan fingerprint density at radius 2 is 0.736 bits per heavy atom. The van der Waals surface area contributed by atoms with Crippen LogP contribution in [-0.2, 0) is 14.9 Å². The van der Waals surface area contributed by atoms with Gasteiger partial charge >= 0.3 is 24.2 Å². The highest BCUT2D eigenvalue weighted by atomic mass is 16.7. The van der Waals surface area contributed by atoms with Gasteiger partial charge in [0.15, 0.2) is 0 Å². The van der Waals surface area contributed by atoms with E-state index in [4.69, 9.17) is 28.4 Å². The Labute approximate surface area is 311 Å². The molecule has 0 aliphatic rings. The summed E-state index contributed by atoms with van der Waals surface area (Å²) in [7, 11) is 0. The monoisotopic (exact) mass is 724 g/mol. The van der Waals surface area contributed by atoms with Gasteiger partial charge in [-0.3, -0.25) is 0 Å². The Balaban J connectivity index is 1.23. The second-order valence-electron chi connectivity index (χ2n) is 13.0. The fraction of sp³-hybridized carbons (Fsp3) is 0.349. The van der Waals surface area contributed by atoms with E-state index in [9.17, 15) is 19.2 Å². The average molecular weight is 725 g/mol. The summed E-state index contributed by atoms with van der Waals surface area (Å²) in [5.41, 5.74) is 2.19. The number of hydrogen-bond acceptors (Lipinski definition) is 10. The Morgan fingerprint density at radius 1 is 0.434 bits per heavy atom. The zero-order valence-corrected chi connectivity index (χ0v) is 30.9. The van der Waals surface area contributed by atoms with Crippen LogP contribution in [0.4, 0.5) is 9.59 Å². The Morgan fingerprint density at radius 3 is 1.04 bits per heavy atom. The number of benzene rings is 4. The van der Waals surface area contributed by atoms with E-state index in [0.29, 0.717) is 35.8 Å². The van der Waals surface area contributed by atoms with Crippen LogP contribution in [0.5, 0.6) is 23.0 Å². The van der Waals surface area contributed by atoms with Crippen LogP contribution in [0.3, 0.4) is 0 Å². The minimum absolute atomic E-state index is 0.230.